The lowest BCUT2D eigenvalue weighted by atomic mass is 9.83. The third-order valence-corrected chi connectivity index (χ3v) is 4.56. The number of hydrogen-bond acceptors (Lipinski definition) is 3. The van der Waals surface area contributed by atoms with Crippen molar-refractivity contribution in [2.75, 3.05) is 6.61 Å². The van der Waals surface area contributed by atoms with Crippen molar-refractivity contribution in [2.45, 2.75) is 44.1 Å². The first kappa shape index (κ1) is 23.7. The normalized spacial score (nSPS) is 14.3. The van der Waals surface area contributed by atoms with E-state index in [-0.39, 0.29) is 29.9 Å². The fourth-order valence-corrected chi connectivity index (χ4v) is 2.77. The first-order valence-corrected chi connectivity index (χ1v) is 9.07. The second kappa shape index (κ2) is 9.07. The molecule has 0 aliphatic rings. The summed E-state index contributed by atoms with van der Waals surface area (Å²) >= 11 is 0. The first-order valence-electron chi connectivity index (χ1n) is 9.07. The number of hydrogen-bond donors (Lipinski definition) is 1. The van der Waals surface area contributed by atoms with Gasteiger partial charge in [-0.1, -0.05) is 42.0 Å². The number of rotatable bonds is 8. The maximum atomic E-state index is 13.8. The Morgan fingerprint density at radius 1 is 0.933 bits per heavy atom. The molecule has 1 atom stereocenters. The van der Waals surface area contributed by atoms with Gasteiger partial charge in [-0.15, -0.1) is 0 Å². The lowest BCUT2D eigenvalue weighted by Crippen LogP contribution is -2.51. The van der Waals surface area contributed by atoms with Crippen LogP contribution in [0.15, 0.2) is 48.5 Å². The van der Waals surface area contributed by atoms with Crippen LogP contribution in [0, 0.1) is 6.92 Å². The summed E-state index contributed by atoms with van der Waals surface area (Å²) in [5, 5.41) is 0. The van der Waals surface area contributed by atoms with Crippen molar-refractivity contribution < 1.29 is 35.9 Å². The lowest BCUT2D eigenvalue weighted by molar-refractivity contribution is -0.188. The van der Waals surface area contributed by atoms with Crippen molar-refractivity contribution in [1.82, 2.24) is 0 Å². The van der Waals surface area contributed by atoms with E-state index in [0.717, 1.165) is 17.7 Å². The van der Waals surface area contributed by atoms with Crippen molar-refractivity contribution in [2.24, 2.45) is 5.73 Å². The molecule has 2 rings (SSSR count). The van der Waals surface area contributed by atoms with Crippen LogP contribution in [0.25, 0.3) is 0 Å². The Hall–Kier alpha value is -2.55. The molecule has 0 spiro atoms. The van der Waals surface area contributed by atoms with Gasteiger partial charge in [0.2, 0.25) is 0 Å². The number of aryl methyl sites for hydroxylation is 1. The number of alkyl halides is 6. The summed E-state index contributed by atoms with van der Waals surface area (Å²) in [6, 6.07) is 10.6. The van der Waals surface area contributed by atoms with Gasteiger partial charge in [-0.25, -0.2) is 0 Å². The molecule has 0 aliphatic carbocycles. The van der Waals surface area contributed by atoms with E-state index in [0.29, 0.717) is 0 Å². The fraction of sp³-hybridized carbons (Fsp3) is 0.381. The molecule has 30 heavy (non-hydrogen) atoms. The summed E-state index contributed by atoms with van der Waals surface area (Å²) in [6.45, 7) is 1.54. The van der Waals surface area contributed by atoms with Gasteiger partial charge in [0.05, 0.1) is 6.61 Å². The largest absolute Gasteiger partial charge is 0.494 e. The Morgan fingerprint density at radius 3 is 2.00 bits per heavy atom. The molecule has 2 aromatic carbocycles. The molecule has 0 aliphatic heterocycles. The Morgan fingerprint density at radius 2 is 1.50 bits per heavy atom. The van der Waals surface area contributed by atoms with Gasteiger partial charge >= 0.3 is 12.4 Å². The smallest absolute Gasteiger partial charge is 0.411 e. The molecule has 0 heterocycles. The maximum absolute atomic E-state index is 13.8. The van der Waals surface area contributed by atoms with E-state index in [1.807, 2.05) is 0 Å². The molecular formula is C21H21F6NO2. The highest BCUT2D eigenvalue weighted by Crippen LogP contribution is 2.40. The molecule has 0 aromatic heterocycles. The van der Waals surface area contributed by atoms with E-state index in [1.54, 1.807) is 19.1 Å². The highest BCUT2D eigenvalue weighted by Gasteiger charge is 2.54. The summed E-state index contributed by atoms with van der Waals surface area (Å²) in [4.78, 5) is 12.4. The molecule has 0 amide bonds. The molecule has 0 saturated heterocycles. The third kappa shape index (κ3) is 6.22. The van der Waals surface area contributed by atoms with E-state index < -0.39 is 36.5 Å². The summed E-state index contributed by atoms with van der Waals surface area (Å²) in [7, 11) is 0. The summed E-state index contributed by atoms with van der Waals surface area (Å²) in [5.74, 6) is -0.655. The van der Waals surface area contributed by atoms with Gasteiger partial charge < -0.3 is 10.5 Å². The Bertz CT molecular complexity index is 844. The number of nitrogens with two attached hydrogens (primary N) is 1. The predicted octanol–water partition coefficient (Wildman–Crippen LogP) is 5.71. The predicted molar refractivity (Wildman–Crippen MR) is 99.3 cm³/mol. The topological polar surface area (TPSA) is 52.3 Å². The minimum atomic E-state index is -4.91. The van der Waals surface area contributed by atoms with Crippen LogP contribution in [0.2, 0.25) is 0 Å². The maximum Gasteiger partial charge on any atom is 0.411 e. The first-order chi connectivity index (χ1) is 13.8. The van der Waals surface area contributed by atoms with Crippen LogP contribution in [0.4, 0.5) is 26.3 Å². The zero-order valence-corrected chi connectivity index (χ0v) is 16.1. The molecule has 2 aromatic rings. The van der Waals surface area contributed by atoms with Crippen LogP contribution in [0.1, 0.15) is 40.7 Å². The van der Waals surface area contributed by atoms with Crippen molar-refractivity contribution in [3.8, 4) is 5.75 Å². The standard InChI is InChI=1S/C21H21F6NO2/c1-14-3-5-15(6-4-14)18(29)13-19(28,21(25,26)27)16-7-9-17(10-8-16)30-12-2-11-20(22,23)24/h3-10H,2,11-13,28H2,1H3. The summed E-state index contributed by atoms with van der Waals surface area (Å²) in [5.41, 5.74) is 3.37. The highest BCUT2D eigenvalue weighted by molar-refractivity contribution is 5.97. The van der Waals surface area contributed by atoms with E-state index in [4.69, 9.17) is 10.5 Å². The molecule has 0 saturated carbocycles. The van der Waals surface area contributed by atoms with Crippen molar-refractivity contribution >= 4 is 5.78 Å². The summed E-state index contributed by atoms with van der Waals surface area (Å²) in [6.07, 6.45) is -11.5. The zero-order valence-electron chi connectivity index (χ0n) is 16.1. The van der Waals surface area contributed by atoms with Gasteiger partial charge in [-0.05, 0) is 31.0 Å². The number of ketones is 1. The minimum absolute atomic E-state index is 0.107. The van der Waals surface area contributed by atoms with Gasteiger partial charge in [-0.2, -0.15) is 26.3 Å². The van der Waals surface area contributed by atoms with E-state index in [2.05, 4.69) is 0 Å². The second-order valence-electron chi connectivity index (χ2n) is 7.03. The van der Waals surface area contributed by atoms with Gasteiger partial charge in [-0.3, -0.25) is 4.79 Å². The van der Waals surface area contributed by atoms with E-state index in [9.17, 15) is 31.1 Å². The minimum Gasteiger partial charge on any atom is -0.494 e. The zero-order chi connectivity index (χ0) is 22.6. The number of Topliss-reactive ketones (excluding diaryl/α,β-unsaturated/α-hetero) is 1. The van der Waals surface area contributed by atoms with Crippen LogP contribution < -0.4 is 10.5 Å². The number of carbonyl (C=O) groups excluding carboxylic acids is 1. The highest BCUT2D eigenvalue weighted by atomic mass is 19.4. The molecule has 1 unspecified atom stereocenters. The molecule has 164 valence electrons. The molecule has 0 fully saturated rings. The Kier molecular flexibility index (Phi) is 7.18. The molecule has 0 radical (unpaired) electrons. The Labute approximate surface area is 169 Å². The van der Waals surface area contributed by atoms with Crippen molar-refractivity contribution in [3.05, 3.63) is 65.2 Å². The monoisotopic (exact) mass is 433 g/mol. The molecule has 3 nitrogen and oxygen atoms in total. The molecular weight excluding hydrogens is 412 g/mol. The average molecular weight is 433 g/mol. The quantitative estimate of drug-likeness (QED) is 0.330. The van der Waals surface area contributed by atoms with Crippen LogP contribution in [-0.4, -0.2) is 24.7 Å². The van der Waals surface area contributed by atoms with Gasteiger partial charge in [0.25, 0.3) is 0 Å². The van der Waals surface area contributed by atoms with Crippen LogP contribution in [0.5, 0.6) is 5.75 Å². The molecule has 2 N–H and O–H groups in total. The number of halogens is 6. The van der Waals surface area contributed by atoms with Crippen LogP contribution in [-0.2, 0) is 5.54 Å². The van der Waals surface area contributed by atoms with Crippen molar-refractivity contribution in [3.63, 3.8) is 0 Å². The number of ether oxygens (including phenoxy) is 1. The SMILES string of the molecule is Cc1ccc(C(=O)CC(N)(c2ccc(OCCCC(F)(F)F)cc2)C(F)(F)F)cc1. The summed E-state index contributed by atoms with van der Waals surface area (Å²) < 4.78 is 82.8. The Balaban J connectivity index is 2.14. The average Bonchev–Trinajstić information content (AvgIpc) is 2.64. The van der Waals surface area contributed by atoms with Gasteiger partial charge in [0.15, 0.2) is 5.78 Å². The number of carbonyl (C=O) groups is 1. The van der Waals surface area contributed by atoms with Crippen LogP contribution in [0.3, 0.4) is 0 Å². The van der Waals surface area contributed by atoms with Gasteiger partial charge in [0, 0.05) is 18.4 Å². The van der Waals surface area contributed by atoms with E-state index >= 15 is 0 Å². The molecule has 9 heteroatoms. The third-order valence-electron chi connectivity index (χ3n) is 4.56. The fourth-order valence-electron chi connectivity index (χ4n) is 2.77. The second-order valence-corrected chi connectivity index (χ2v) is 7.03. The number of benzene rings is 2. The van der Waals surface area contributed by atoms with Crippen LogP contribution >= 0.6 is 0 Å². The molecule has 0 bridgehead atoms. The van der Waals surface area contributed by atoms with Crippen molar-refractivity contribution in [1.29, 1.82) is 0 Å². The lowest BCUT2D eigenvalue weighted by Gasteiger charge is -2.32. The van der Waals surface area contributed by atoms with Gasteiger partial charge in [0.1, 0.15) is 11.3 Å². The van der Waals surface area contributed by atoms with E-state index in [1.165, 1.54) is 24.3 Å².